The molecule has 0 spiro atoms. The number of hydrogen-bond donors (Lipinski definition) is 0. The van der Waals surface area contributed by atoms with Crippen molar-refractivity contribution in [2.24, 2.45) is 5.92 Å². The Kier molecular flexibility index (Phi) is 3.52. The predicted octanol–water partition coefficient (Wildman–Crippen LogP) is 3.91. The fourth-order valence-electron chi connectivity index (χ4n) is 1.85. The predicted molar refractivity (Wildman–Crippen MR) is 67.2 cm³/mol. The van der Waals surface area contributed by atoms with E-state index in [1.54, 1.807) is 0 Å². The van der Waals surface area contributed by atoms with Crippen molar-refractivity contribution in [3.8, 4) is 0 Å². The minimum atomic E-state index is 0.217. The quantitative estimate of drug-likeness (QED) is 0.819. The van der Waals surface area contributed by atoms with Crippen molar-refractivity contribution in [3.05, 3.63) is 28.7 Å². The Morgan fingerprint density at radius 3 is 2.87 bits per heavy atom. The molecule has 0 saturated heterocycles. The molecule has 0 amide bonds. The summed E-state index contributed by atoms with van der Waals surface area (Å²) in [6.45, 7) is 2.05. The molecule has 1 nitrogen and oxygen atoms in total. The molecule has 1 aliphatic carbocycles. The SMILES string of the molecule is CC1C(=O)CCC1Sc1cccc(Br)c1. The molecular weight excluding hydrogens is 272 g/mol. The molecule has 1 saturated carbocycles. The van der Waals surface area contributed by atoms with Gasteiger partial charge in [-0.3, -0.25) is 4.79 Å². The largest absolute Gasteiger partial charge is 0.299 e. The van der Waals surface area contributed by atoms with Crippen molar-refractivity contribution in [2.45, 2.75) is 29.9 Å². The summed E-state index contributed by atoms with van der Waals surface area (Å²) in [7, 11) is 0. The Morgan fingerprint density at radius 2 is 2.27 bits per heavy atom. The Labute approximate surface area is 103 Å². The van der Waals surface area contributed by atoms with Crippen LogP contribution in [0.25, 0.3) is 0 Å². The molecule has 3 heteroatoms. The van der Waals surface area contributed by atoms with Crippen molar-refractivity contribution in [1.29, 1.82) is 0 Å². The first-order valence-corrected chi connectivity index (χ1v) is 6.79. The number of carbonyl (C=O) groups is 1. The summed E-state index contributed by atoms with van der Waals surface area (Å²) < 4.78 is 1.10. The van der Waals surface area contributed by atoms with Crippen LogP contribution in [-0.2, 0) is 4.79 Å². The van der Waals surface area contributed by atoms with Gasteiger partial charge < -0.3 is 0 Å². The second-order valence-corrected chi connectivity index (χ2v) is 6.14. The van der Waals surface area contributed by atoms with Gasteiger partial charge in [0.15, 0.2) is 0 Å². The molecule has 1 aliphatic rings. The van der Waals surface area contributed by atoms with Gasteiger partial charge in [-0.05, 0) is 24.6 Å². The van der Waals surface area contributed by atoms with Crippen LogP contribution in [-0.4, -0.2) is 11.0 Å². The van der Waals surface area contributed by atoms with Crippen LogP contribution < -0.4 is 0 Å². The number of rotatable bonds is 2. The maximum absolute atomic E-state index is 11.4. The van der Waals surface area contributed by atoms with Gasteiger partial charge in [-0.15, -0.1) is 11.8 Å². The van der Waals surface area contributed by atoms with Gasteiger partial charge in [0.05, 0.1) is 0 Å². The van der Waals surface area contributed by atoms with Gasteiger partial charge in [-0.2, -0.15) is 0 Å². The molecule has 15 heavy (non-hydrogen) atoms. The topological polar surface area (TPSA) is 17.1 Å². The first-order chi connectivity index (χ1) is 7.16. The van der Waals surface area contributed by atoms with Gasteiger partial charge in [0.1, 0.15) is 5.78 Å². The lowest BCUT2D eigenvalue weighted by Gasteiger charge is -2.13. The van der Waals surface area contributed by atoms with Crippen molar-refractivity contribution in [2.75, 3.05) is 0 Å². The molecule has 0 bridgehead atoms. The summed E-state index contributed by atoms with van der Waals surface area (Å²) in [6.07, 6.45) is 1.78. The first-order valence-electron chi connectivity index (χ1n) is 5.12. The number of Topliss-reactive ketones (excluding diaryl/α,β-unsaturated/α-hetero) is 1. The maximum atomic E-state index is 11.4. The number of hydrogen-bond acceptors (Lipinski definition) is 2. The molecule has 2 atom stereocenters. The highest BCUT2D eigenvalue weighted by Gasteiger charge is 2.31. The average Bonchev–Trinajstić information content (AvgIpc) is 2.50. The minimum Gasteiger partial charge on any atom is -0.299 e. The number of halogens is 1. The summed E-state index contributed by atoms with van der Waals surface area (Å²) in [4.78, 5) is 12.7. The molecule has 2 unspecified atom stereocenters. The number of ketones is 1. The molecule has 1 fully saturated rings. The van der Waals surface area contributed by atoms with Crippen LogP contribution in [0.15, 0.2) is 33.6 Å². The van der Waals surface area contributed by atoms with E-state index >= 15 is 0 Å². The van der Waals surface area contributed by atoms with E-state index in [1.165, 1.54) is 4.90 Å². The smallest absolute Gasteiger partial charge is 0.136 e. The van der Waals surface area contributed by atoms with Crippen LogP contribution in [0.5, 0.6) is 0 Å². The van der Waals surface area contributed by atoms with E-state index in [2.05, 4.69) is 28.1 Å². The van der Waals surface area contributed by atoms with E-state index in [1.807, 2.05) is 30.8 Å². The average molecular weight is 285 g/mol. The molecule has 80 valence electrons. The third-order valence-corrected chi connectivity index (χ3v) is 4.79. The van der Waals surface area contributed by atoms with Crippen molar-refractivity contribution in [1.82, 2.24) is 0 Å². The normalized spacial score (nSPS) is 25.9. The second-order valence-electron chi connectivity index (χ2n) is 3.91. The third kappa shape index (κ3) is 2.64. The van der Waals surface area contributed by atoms with Crippen LogP contribution in [0.4, 0.5) is 0 Å². The summed E-state index contributed by atoms with van der Waals surface area (Å²) in [5.41, 5.74) is 0. The van der Waals surface area contributed by atoms with Crippen molar-refractivity contribution < 1.29 is 4.79 Å². The van der Waals surface area contributed by atoms with E-state index in [4.69, 9.17) is 0 Å². The lowest BCUT2D eigenvalue weighted by Crippen LogP contribution is -2.11. The van der Waals surface area contributed by atoms with E-state index in [9.17, 15) is 4.79 Å². The van der Waals surface area contributed by atoms with E-state index in [0.29, 0.717) is 11.0 Å². The molecule has 0 aromatic heterocycles. The van der Waals surface area contributed by atoms with Gasteiger partial charge in [-0.1, -0.05) is 28.9 Å². The molecule has 0 radical (unpaired) electrons. The van der Waals surface area contributed by atoms with Gasteiger partial charge in [0, 0.05) is 27.0 Å². The van der Waals surface area contributed by atoms with E-state index < -0.39 is 0 Å². The van der Waals surface area contributed by atoms with E-state index in [-0.39, 0.29) is 5.92 Å². The van der Waals surface area contributed by atoms with Gasteiger partial charge in [0.25, 0.3) is 0 Å². The Morgan fingerprint density at radius 1 is 1.47 bits per heavy atom. The molecule has 2 rings (SSSR count). The zero-order valence-corrected chi connectivity index (χ0v) is 11.0. The number of carbonyl (C=O) groups excluding carboxylic acids is 1. The Bertz CT molecular complexity index is 378. The van der Waals surface area contributed by atoms with Crippen molar-refractivity contribution in [3.63, 3.8) is 0 Å². The van der Waals surface area contributed by atoms with Gasteiger partial charge in [-0.25, -0.2) is 0 Å². The molecule has 1 aromatic carbocycles. The zero-order chi connectivity index (χ0) is 10.8. The first kappa shape index (κ1) is 11.2. The van der Waals surface area contributed by atoms with Crippen molar-refractivity contribution >= 4 is 33.5 Å². The minimum absolute atomic E-state index is 0.217. The van der Waals surface area contributed by atoms with Crippen LogP contribution in [0, 0.1) is 5.92 Å². The van der Waals surface area contributed by atoms with Gasteiger partial charge in [0.2, 0.25) is 0 Å². The summed E-state index contributed by atoms with van der Waals surface area (Å²) in [5, 5.41) is 0.465. The fraction of sp³-hybridized carbons (Fsp3) is 0.417. The fourth-order valence-corrected chi connectivity index (χ4v) is 3.69. The highest BCUT2D eigenvalue weighted by molar-refractivity contribution is 9.10. The number of thioether (sulfide) groups is 1. The maximum Gasteiger partial charge on any atom is 0.136 e. The Hall–Kier alpha value is -0.280. The van der Waals surface area contributed by atoms with Crippen LogP contribution in [0.3, 0.4) is 0 Å². The van der Waals surface area contributed by atoms with Crippen LogP contribution >= 0.6 is 27.7 Å². The highest BCUT2D eigenvalue weighted by atomic mass is 79.9. The van der Waals surface area contributed by atoms with Crippen LogP contribution in [0.1, 0.15) is 19.8 Å². The summed E-state index contributed by atoms with van der Waals surface area (Å²) in [5.74, 6) is 0.636. The highest BCUT2D eigenvalue weighted by Crippen LogP contribution is 2.37. The zero-order valence-electron chi connectivity index (χ0n) is 8.57. The molecule has 0 N–H and O–H groups in total. The lowest BCUT2D eigenvalue weighted by atomic mass is 10.1. The second kappa shape index (κ2) is 4.71. The molecular formula is C12H13BrOS. The molecule has 1 aromatic rings. The molecule has 0 aliphatic heterocycles. The standard InChI is InChI=1S/C12H13BrOS/c1-8-11(14)5-6-12(8)15-10-4-2-3-9(13)7-10/h2-4,7-8,12H,5-6H2,1H3. The molecule has 0 heterocycles. The van der Waals surface area contributed by atoms with E-state index in [0.717, 1.165) is 17.3 Å². The van der Waals surface area contributed by atoms with Gasteiger partial charge >= 0.3 is 0 Å². The number of benzene rings is 1. The monoisotopic (exact) mass is 284 g/mol. The summed E-state index contributed by atoms with van der Waals surface area (Å²) >= 11 is 5.28. The van der Waals surface area contributed by atoms with Crippen LogP contribution in [0.2, 0.25) is 0 Å². The summed E-state index contributed by atoms with van der Waals surface area (Å²) in [6, 6.07) is 8.27. The lowest BCUT2D eigenvalue weighted by molar-refractivity contribution is -0.120. The Balaban J connectivity index is 2.06. The third-order valence-electron chi connectivity index (χ3n) is 2.82.